The summed E-state index contributed by atoms with van der Waals surface area (Å²) in [6, 6.07) is 6.69. The van der Waals surface area contributed by atoms with Crippen molar-refractivity contribution in [3.05, 3.63) is 35.6 Å². The Morgan fingerprint density at radius 1 is 1.23 bits per heavy atom. The molecule has 72 valence electrons. The predicted octanol–water partition coefficient (Wildman–Crippen LogP) is 2.24. The van der Waals surface area contributed by atoms with Crippen LogP contribution in [-0.4, -0.2) is 6.54 Å². The summed E-state index contributed by atoms with van der Waals surface area (Å²) >= 11 is 0. The first-order valence-electron chi connectivity index (χ1n) is 4.23. The Hall–Kier alpha value is -0.600. The average molecular weight is 202 g/mol. The van der Waals surface area contributed by atoms with Crippen molar-refractivity contribution in [2.75, 3.05) is 6.54 Å². The summed E-state index contributed by atoms with van der Waals surface area (Å²) in [7, 11) is 0. The van der Waals surface area contributed by atoms with E-state index in [1.54, 1.807) is 0 Å². The summed E-state index contributed by atoms with van der Waals surface area (Å²) in [5.74, 6) is -0.174. The second-order valence-electron chi connectivity index (χ2n) is 3.49. The molecular weight excluding hydrogens is 189 g/mol. The first-order valence-corrected chi connectivity index (χ1v) is 4.23. The van der Waals surface area contributed by atoms with E-state index in [0.29, 0.717) is 6.54 Å². The highest BCUT2D eigenvalue weighted by molar-refractivity contribution is 5.85. The minimum atomic E-state index is -0.174. The van der Waals surface area contributed by atoms with Gasteiger partial charge in [0, 0.05) is 12.0 Å². The maximum atomic E-state index is 12.6. The van der Waals surface area contributed by atoms with E-state index < -0.39 is 0 Å². The number of nitrogens with two attached hydrogens (primary N) is 1. The Balaban J connectivity index is 0.000000845. The second kappa shape index (κ2) is 3.64. The molecule has 0 heterocycles. The van der Waals surface area contributed by atoms with Gasteiger partial charge in [0.25, 0.3) is 0 Å². The number of rotatable bonds is 2. The number of hydrogen-bond donors (Lipinski definition) is 1. The fourth-order valence-electron chi connectivity index (χ4n) is 1.56. The van der Waals surface area contributed by atoms with Crippen LogP contribution in [0.15, 0.2) is 24.3 Å². The lowest BCUT2D eigenvalue weighted by Gasteiger charge is -2.11. The highest BCUT2D eigenvalue weighted by atomic mass is 35.5. The molecule has 2 N–H and O–H groups in total. The topological polar surface area (TPSA) is 26.0 Å². The van der Waals surface area contributed by atoms with Gasteiger partial charge in [-0.25, -0.2) is 4.39 Å². The van der Waals surface area contributed by atoms with Gasteiger partial charge in [-0.15, -0.1) is 12.4 Å². The minimum absolute atomic E-state index is 0. The summed E-state index contributed by atoms with van der Waals surface area (Å²) in [5, 5.41) is 0. The zero-order chi connectivity index (χ0) is 8.60. The van der Waals surface area contributed by atoms with E-state index in [1.807, 2.05) is 12.1 Å². The summed E-state index contributed by atoms with van der Waals surface area (Å²) in [5.41, 5.74) is 7.02. The molecule has 0 saturated heterocycles. The molecule has 0 radical (unpaired) electrons. The van der Waals surface area contributed by atoms with E-state index in [9.17, 15) is 4.39 Å². The third kappa shape index (κ3) is 1.84. The van der Waals surface area contributed by atoms with Crippen LogP contribution in [0, 0.1) is 5.82 Å². The van der Waals surface area contributed by atoms with E-state index in [-0.39, 0.29) is 23.6 Å². The highest BCUT2D eigenvalue weighted by Crippen LogP contribution is 2.46. The Labute approximate surface area is 83.5 Å². The largest absolute Gasteiger partial charge is 0.330 e. The second-order valence-corrected chi connectivity index (χ2v) is 3.49. The molecule has 2 rings (SSSR count). The minimum Gasteiger partial charge on any atom is -0.330 e. The smallest absolute Gasteiger partial charge is 0.123 e. The van der Waals surface area contributed by atoms with E-state index in [4.69, 9.17) is 5.73 Å². The van der Waals surface area contributed by atoms with Crippen LogP contribution in [0.5, 0.6) is 0 Å². The monoisotopic (exact) mass is 201 g/mol. The molecule has 0 aliphatic heterocycles. The quantitative estimate of drug-likeness (QED) is 0.781. The molecule has 0 spiro atoms. The van der Waals surface area contributed by atoms with Crippen LogP contribution in [-0.2, 0) is 5.41 Å². The van der Waals surface area contributed by atoms with E-state index in [1.165, 1.54) is 17.7 Å². The van der Waals surface area contributed by atoms with Crippen LogP contribution in [0.1, 0.15) is 18.4 Å². The SMILES string of the molecule is Cl.NCC1(c2ccc(F)cc2)CC1. The molecule has 0 atom stereocenters. The van der Waals surface area contributed by atoms with Gasteiger partial charge in [0.05, 0.1) is 0 Å². The highest BCUT2D eigenvalue weighted by Gasteiger charge is 2.42. The van der Waals surface area contributed by atoms with Crippen molar-refractivity contribution >= 4 is 12.4 Å². The van der Waals surface area contributed by atoms with Crippen molar-refractivity contribution < 1.29 is 4.39 Å². The van der Waals surface area contributed by atoms with Crippen LogP contribution in [0.4, 0.5) is 4.39 Å². The third-order valence-corrected chi connectivity index (χ3v) is 2.70. The normalized spacial score (nSPS) is 17.7. The first-order chi connectivity index (χ1) is 5.77. The first kappa shape index (κ1) is 10.5. The standard InChI is InChI=1S/C10H12FN.ClH/c11-9-3-1-8(2-4-9)10(7-12)5-6-10;/h1-4H,5-7,12H2;1H. The Kier molecular flexibility index (Phi) is 2.94. The van der Waals surface area contributed by atoms with Crippen LogP contribution >= 0.6 is 12.4 Å². The van der Waals surface area contributed by atoms with Crippen molar-refractivity contribution in [3.8, 4) is 0 Å². The molecule has 13 heavy (non-hydrogen) atoms. The summed E-state index contributed by atoms with van der Waals surface area (Å²) in [4.78, 5) is 0. The third-order valence-electron chi connectivity index (χ3n) is 2.70. The molecule has 0 aromatic heterocycles. The molecular formula is C10H13ClFN. The van der Waals surface area contributed by atoms with Crippen LogP contribution in [0.2, 0.25) is 0 Å². The molecule has 3 heteroatoms. The molecule has 1 fully saturated rings. The Morgan fingerprint density at radius 2 is 1.77 bits per heavy atom. The summed E-state index contributed by atoms with van der Waals surface area (Å²) < 4.78 is 12.6. The number of hydrogen-bond acceptors (Lipinski definition) is 1. The number of halogens is 2. The van der Waals surface area contributed by atoms with Gasteiger partial charge >= 0.3 is 0 Å². The van der Waals surface area contributed by atoms with Crippen molar-refractivity contribution in [1.29, 1.82) is 0 Å². The van der Waals surface area contributed by atoms with Crippen LogP contribution < -0.4 is 5.73 Å². The summed E-state index contributed by atoms with van der Waals surface area (Å²) in [6.07, 6.45) is 2.30. The van der Waals surface area contributed by atoms with Crippen LogP contribution in [0.3, 0.4) is 0 Å². The zero-order valence-electron chi connectivity index (χ0n) is 7.29. The summed E-state index contributed by atoms with van der Waals surface area (Å²) in [6.45, 7) is 0.679. The van der Waals surface area contributed by atoms with Gasteiger partial charge in [-0.1, -0.05) is 12.1 Å². The van der Waals surface area contributed by atoms with Gasteiger partial charge in [0.15, 0.2) is 0 Å². The van der Waals surface area contributed by atoms with Gasteiger partial charge in [-0.2, -0.15) is 0 Å². The predicted molar refractivity (Wildman–Crippen MR) is 53.6 cm³/mol. The number of benzene rings is 1. The Morgan fingerprint density at radius 3 is 2.15 bits per heavy atom. The molecule has 1 saturated carbocycles. The molecule has 1 aliphatic carbocycles. The maximum absolute atomic E-state index is 12.6. The Bertz CT molecular complexity index is 279. The van der Waals surface area contributed by atoms with Gasteiger partial charge in [-0.05, 0) is 30.5 Å². The van der Waals surface area contributed by atoms with Crippen molar-refractivity contribution in [1.82, 2.24) is 0 Å². The fraction of sp³-hybridized carbons (Fsp3) is 0.400. The molecule has 1 nitrogen and oxygen atoms in total. The van der Waals surface area contributed by atoms with Gasteiger partial charge in [-0.3, -0.25) is 0 Å². The molecule has 1 aliphatic rings. The fourth-order valence-corrected chi connectivity index (χ4v) is 1.56. The lowest BCUT2D eigenvalue weighted by Crippen LogP contribution is -2.19. The molecule has 0 amide bonds. The van der Waals surface area contributed by atoms with Crippen LogP contribution in [0.25, 0.3) is 0 Å². The van der Waals surface area contributed by atoms with Crippen molar-refractivity contribution in [2.24, 2.45) is 5.73 Å². The molecule has 1 aromatic carbocycles. The van der Waals surface area contributed by atoms with E-state index >= 15 is 0 Å². The molecule has 0 bridgehead atoms. The van der Waals surface area contributed by atoms with Crippen molar-refractivity contribution in [3.63, 3.8) is 0 Å². The van der Waals surface area contributed by atoms with Gasteiger partial charge in [0.2, 0.25) is 0 Å². The average Bonchev–Trinajstić information content (AvgIpc) is 2.86. The lowest BCUT2D eigenvalue weighted by atomic mass is 9.96. The van der Waals surface area contributed by atoms with E-state index in [0.717, 1.165) is 12.8 Å². The molecule has 0 unspecified atom stereocenters. The van der Waals surface area contributed by atoms with Crippen molar-refractivity contribution in [2.45, 2.75) is 18.3 Å². The van der Waals surface area contributed by atoms with Gasteiger partial charge in [0.1, 0.15) is 5.82 Å². The van der Waals surface area contributed by atoms with Gasteiger partial charge < -0.3 is 5.73 Å². The zero-order valence-corrected chi connectivity index (χ0v) is 8.11. The lowest BCUT2D eigenvalue weighted by molar-refractivity contribution is 0.623. The maximum Gasteiger partial charge on any atom is 0.123 e. The van der Waals surface area contributed by atoms with E-state index in [2.05, 4.69) is 0 Å². The molecule has 1 aromatic rings.